The van der Waals surface area contributed by atoms with Crippen LogP contribution in [0.2, 0.25) is 0 Å². The molecule has 1 aromatic heterocycles. The predicted molar refractivity (Wildman–Crippen MR) is 313 cm³/mol. The number of carbonyl (C=O) groups is 3. The van der Waals surface area contributed by atoms with Crippen LogP contribution in [0.25, 0.3) is 12.2 Å². The van der Waals surface area contributed by atoms with E-state index < -0.39 is 5.78 Å². The third-order valence-electron chi connectivity index (χ3n) is 18.4. The van der Waals surface area contributed by atoms with E-state index in [-0.39, 0.29) is 71.9 Å². The molecule has 0 aliphatic heterocycles. The number of phenolic OH excluding ortho intramolecular Hbond substituents is 2. The van der Waals surface area contributed by atoms with Gasteiger partial charge in [0.05, 0.1) is 26.0 Å². The Labute approximate surface area is 476 Å². The number of fused-ring (bicyclic) bond motifs is 5. The van der Waals surface area contributed by atoms with Gasteiger partial charge >= 0.3 is 0 Å². The fourth-order valence-electron chi connectivity index (χ4n) is 14.0. The van der Waals surface area contributed by atoms with Crippen molar-refractivity contribution < 1.29 is 48.7 Å². The van der Waals surface area contributed by atoms with Crippen LogP contribution in [0.4, 0.5) is 0 Å². The van der Waals surface area contributed by atoms with Crippen LogP contribution in [-0.2, 0) is 36.8 Å². The number of benzene rings is 2. The highest BCUT2D eigenvalue weighted by Crippen LogP contribution is 2.67. The van der Waals surface area contributed by atoms with E-state index in [9.17, 15) is 29.7 Å². The van der Waals surface area contributed by atoms with Gasteiger partial charge in [-0.05, 0) is 171 Å². The van der Waals surface area contributed by atoms with Crippen LogP contribution >= 0.6 is 0 Å². The molecular formula is C65H93N5O10. The summed E-state index contributed by atoms with van der Waals surface area (Å²) < 4.78 is 23.9. The number of aromatic hydroxyl groups is 2. The summed E-state index contributed by atoms with van der Waals surface area (Å²) in [6, 6.07) is 9.41. The van der Waals surface area contributed by atoms with E-state index in [1.54, 1.807) is 52.9 Å². The highest BCUT2D eigenvalue weighted by Gasteiger charge is 2.59. The normalized spacial score (nSPS) is 24.2. The first-order chi connectivity index (χ1) is 38.5. The Morgan fingerprint density at radius 2 is 1.45 bits per heavy atom. The molecule has 1 heterocycles. The van der Waals surface area contributed by atoms with Gasteiger partial charge < -0.3 is 44.9 Å². The molecule has 15 heteroatoms. The Morgan fingerprint density at radius 3 is 2.12 bits per heavy atom. The van der Waals surface area contributed by atoms with Crippen molar-refractivity contribution in [3.05, 3.63) is 94.5 Å². The van der Waals surface area contributed by atoms with Gasteiger partial charge in [-0.15, -0.1) is 5.10 Å². The number of phenols is 2. The Kier molecular flexibility index (Phi) is 22.9. The molecule has 80 heavy (non-hydrogen) atoms. The van der Waals surface area contributed by atoms with E-state index in [2.05, 4.69) is 61.6 Å². The van der Waals surface area contributed by atoms with Crippen molar-refractivity contribution in [1.82, 2.24) is 25.6 Å². The molecule has 15 nitrogen and oxygen atoms in total. The number of nitrogens with zero attached hydrogens (tertiary/aromatic N) is 3. The molecule has 4 aliphatic rings. The number of aromatic nitrogens is 3. The second-order valence-electron chi connectivity index (χ2n) is 24.2. The van der Waals surface area contributed by atoms with Crippen LogP contribution in [0.3, 0.4) is 0 Å². The number of allylic oxidation sites excluding steroid dienone is 4. The van der Waals surface area contributed by atoms with Crippen molar-refractivity contribution in [3.8, 4) is 23.0 Å². The van der Waals surface area contributed by atoms with Crippen LogP contribution in [-0.4, -0.2) is 101 Å². The van der Waals surface area contributed by atoms with Gasteiger partial charge in [0.25, 0.3) is 0 Å². The van der Waals surface area contributed by atoms with Gasteiger partial charge in [0.15, 0.2) is 28.8 Å². The molecule has 0 radical (unpaired) electrons. The second kappa shape index (κ2) is 29.7. The number of amides is 2. The number of hydrogen-bond donors (Lipinski definition) is 5. The van der Waals surface area contributed by atoms with Crippen molar-refractivity contribution >= 4 is 29.7 Å². The van der Waals surface area contributed by atoms with Crippen molar-refractivity contribution in [1.29, 1.82) is 0 Å². The number of nitrogens with one attached hydrogen (secondary N) is 2. The molecule has 0 bridgehead atoms. The first-order valence-corrected chi connectivity index (χ1v) is 29.9. The van der Waals surface area contributed by atoms with E-state index >= 15 is 0 Å². The molecule has 3 saturated carbocycles. The zero-order valence-electron chi connectivity index (χ0n) is 49.0. The summed E-state index contributed by atoms with van der Waals surface area (Å²) in [5.74, 6) is 4.33. The van der Waals surface area contributed by atoms with Crippen molar-refractivity contribution in [3.63, 3.8) is 0 Å². The first kappa shape index (κ1) is 61.7. The molecule has 0 spiro atoms. The highest BCUT2D eigenvalue weighted by molar-refractivity contribution is 6.07. The fraction of sp³-hybridized carbons (Fsp3) is 0.615. The lowest BCUT2D eigenvalue weighted by Gasteiger charge is -2.58. The topological polar surface area (TPSA) is 204 Å². The minimum Gasteiger partial charge on any atom is -0.508 e. The minimum absolute atomic E-state index is 0.000280. The Morgan fingerprint density at radius 1 is 0.787 bits per heavy atom. The molecule has 4 aliphatic carbocycles. The molecule has 2 amide bonds. The van der Waals surface area contributed by atoms with Gasteiger partial charge in [-0.3, -0.25) is 19.1 Å². The summed E-state index contributed by atoms with van der Waals surface area (Å²) in [6.45, 7) is 14.6. The smallest absolute Gasteiger partial charge is 0.246 e. The maximum atomic E-state index is 13.6. The fourth-order valence-corrected chi connectivity index (χ4v) is 14.0. The van der Waals surface area contributed by atoms with Crippen LogP contribution < -0.4 is 20.1 Å². The second-order valence-corrected chi connectivity index (χ2v) is 24.2. The maximum Gasteiger partial charge on any atom is 0.246 e. The molecular weight excluding hydrogens is 1010 g/mol. The SMILES string of the molecule is COc1cc(/C=C/C(=O)C(Cc2cn(CCCCCCNC(=O)COCC(=O)NCCCCO[C@H]3CC[C@@]4(C)C(=CC[C@H]5[C@@H]6CC[C@H]([C@H](C)CCCC(C)C)[C@@]6(C)CC[C@@H]54)C3)nn2)=C(O)/C=C/c2ccc(O)c(OC)c2)ccc1O. The summed E-state index contributed by atoms with van der Waals surface area (Å²) >= 11 is 0. The van der Waals surface area contributed by atoms with Gasteiger partial charge in [0, 0.05) is 44.4 Å². The average molecular weight is 1100 g/mol. The van der Waals surface area contributed by atoms with Gasteiger partial charge in [-0.2, -0.15) is 0 Å². The Balaban J connectivity index is 0.731. The Bertz CT molecular complexity index is 2660. The van der Waals surface area contributed by atoms with Gasteiger partial charge in [-0.1, -0.05) is 108 Å². The lowest BCUT2D eigenvalue weighted by molar-refractivity contribution is -0.131. The summed E-state index contributed by atoms with van der Waals surface area (Å²) in [6.07, 6.45) is 30.2. The van der Waals surface area contributed by atoms with Crippen LogP contribution in [0, 0.1) is 46.3 Å². The van der Waals surface area contributed by atoms with E-state index in [0.717, 1.165) is 86.9 Å². The van der Waals surface area contributed by atoms with Gasteiger partial charge in [0.1, 0.15) is 19.0 Å². The Hall–Kier alpha value is -5.93. The molecule has 7 rings (SSSR count). The lowest BCUT2D eigenvalue weighted by atomic mass is 9.47. The van der Waals surface area contributed by atoms with E-state index in [0.29, 0.717) is 53.9 Å². The molecule has 8 atom stereocenters. The van der Waals surface area contributed by atoms with Gasteiger partial charge in [-0.25, -0.2) is 0 Å². The number of hydrogen-bond acceptors (Lipinski definition) is 12. The number of aliphatic hydroxyl groups is 1. The van der Waals surface area contributed by atoms with Crippen molar-refractivity contribution in [2.24, 2.45) is 46.3 Å². The molecule has 3 fully saturated rings. The van der Waals surface area contributed by atoms with Gasteiger partial charge in [0.2, 0.25) is 11.8 Å². The molecule has 438 valence electrons. The van der Waals surface area contributed by atoms with Crippen LogP contribution in [0.1, 0.15) is 161 Å². The van der Waals surface area contributed by atoms with E-state index in [1.807, 2.05) is 0 Å². The number of aryl methyl sites for hydroxylation is 1. The number of aliphatic hydroxyl groups excluding tert-OH is 1. The predicted octanol–water partition coefficient (Wildman–Crippen LogP) is 12.1. The van der Waals surface area contributed by atoms with Crippen molar-refractivity contribution in [2.75, 3.05) is 47.1 Å². The number of carbonyl (C=O) groups excluding carboxylic acids is 3. The molecule has 2 aromatic carbocycles. The minimum atomic E-state index is -0.458. The zero-order chi connectivity index (χ0) is 57.2. The average Bonchev–Trinajstić information content (AvgIpc) is 4.23. The number of unbranched alkanes of at least 4 members (excludes halogenated alkanes) is 4. The molecule has 3 aromatic rings. The first-order valence-electron chi connectivity index (χ1n) is 29.9. The largest absolute Gasteiger partial charge is 0.508 e. The summed E-state index contributed by atoms with van der Waals surface area (Å²) in [4.78, 5) is 38.4. The molecule has 5 N–H and O–H groups in total. The number of rotatable bonds is 31. The number of ether oxygens (including phenoxy) is 4. The number of methoxy groups -OCH3 is 2. The highest BCUT2D eigenvalue weighted by atomic mass is 16.5. The summed E-state index contributed by atoms with van der Waals surface area (Å²) in [5.41, 5.74) is 4.31. The maximum absolute atomic E-state index is 13.6. The number of ketones is 1. The third kappa shape index (κ3) is 16.6. The summed E-state index contributed by atoms with van der Waals surface area (Å²) in [7, 11) is 2.88. The lowest BCUT2D eigenvalue weighted by Crippen LogP contribution is -2.51. The van der Waals surface area contributed by atoms with E-state index in [1.165, 1.54) is 96.3 Å². The third-order valence-corrected chi connectivity index (χ3v) is 18.4. The molecule has 0 unspecified atom stereocenters. The quantitative estimate of drug-likeness (QED) is 0.0134. The molecule has 0 saturated heterocycles. The zero-order valence-corrected chi connectivity index (χ0v) is 49.0. The standard InChI is InChI=1S/C65H93N5O10/c1-44(2)15-14-16-45(3)53-23-24-54-51-22-21-48-39-50(29-31-64(48,4)55(51)30-32-65(53,54)5)80-36-13-11-34-67-63(76)43-79-42-62(75)66-33-10-8-9-12-35-70-41-49(68-69-70)40-52(56(71)25-17-46-19-27-58(73)60(37-46)77-6)57(72)26-18-47-20-28-59(74)61(38-47)78-7/h17-21,25-28,37-38,41,44-45,50-51,53-55,71,73-74H,8-16,22-24,29-36,39-40,42-43H2,1-7H3,(H,66,75)(H,67,76)/b25-17+,26-18+,56-52?/t45-,50+,51+,53-,54+,55+,64+,65-/m1/s1. The van der Waals surface area contributed by atoms with E-state index in [4.69, 9.17) is 18.9 Å². The monoisotopic (exact) mass is 1100 g/mol. The van der Waals surface area contributed by atoms with Crippen molar-refractivity contribution in [2.45, 2.75) is 163 Å². The van der Waals surface area contributed by atoms with Crippen LogP contribution in [0.5, 0.6) is 23.0 Å². The summed E-state index contributed by atoms with van der Waals surface area (Å²) in [5, 5.41) is 45.5. The van der Waals surface area contributed by atoms with Crippen LogP contribution in [0.15, 0.2) is 77.7 Å².